The molecule has 1 aliphatic carbocycles. The molecule has 4 rings (SSSR count). The molecule has 2 aromatic rings. The van der Waals surface area contributed by atoms with Crippen LogP contribution in [0.3, 0.4) is 0 Å². The highest BCUT2D eigenvalue weighted by Crippen LogP contribution is 2.27. The van der Waals surface area contributed by atoms with E-state index in [0.29, 0.717) is 17.4 Å². The van der Waals surface area contributed by atoms with E-state index in [1.54, 1.807) is 11.0 Å². The molecule has 2 fully saturated rings. The number of nitrogens with zero attached hydrogens (tertiary/aromatic N) is 5. The number of tetrazole rings is 1. The Bertz CT molecular complexity index is 810. The van der Waals surface area contributed by atoms with E-state index < -0.39 is 0 Å². The number of carbonyl (C=O) groups is 1. The van der Waals surface area contributed by atoms with Crippen molar-refractivity contribution >= 4 is 5.91 Å². The number of hydrogen-bond donors (Lipinski definition) is 1. The number of hydrogen-bond acceptors (Lipinski definition) is 6. The molecule has 8 nitrogen and oxygen atoms in total. The molecule has 8 heteroatoms. The van der Waals surface area contributed by atoms with E-state index in [2.05, 4.69) is 32.7 Å². The van der Waals surface area contributed by atoms with Crippen molar-refractivity contribution in [3.05, 3.63) is 36.2 Å². The lowest BCUT2D eigenvalue weighted by Crippen LogP contribution is -2.48. The van der Waals surface area contributed by atoms with Crippen LogP contribution in [0, 0.1) is 11.8 Å². The molecule has 3 atom stereocenters. The third kappa shape index (κ3) is 5.89. The van der Waals surface area contributed by atoms with Crippen molar-refractivity contribution in [2.75, 3.05) is 32.8 Å². The molecule has 0 bridgehead atoms. The fourth-order valence-corrected chi connectivity index (χ4v) is 4.98. The Labute approximate surface area is 184 Å². The molecule has 0 unspecified atom stereocenters. The first-order valence-corrected chi connectivity index (χ1v) is 11.7. The first kappa shape index (κ1) is 21.9. The van der Waals surface area contributed by atoms with Gasteiger partial charge in [0.2, 0.25) is 0 Å². The van der Waals surface area contributed by atoms with Crippen LogP contribution < -0.4 is 5.32 Å². The zero-order valence-electron chi connectivity index (χ0n) is 18.4. The summed E-state index contributed by atoms with van der Waals surface area (Å²) in [6.07, 6.45) is 8.75. The first-order chi connectivity index (χ1) is 15.2. The van der Waals surface area contributed by atoms with Gasteiger partial charge in [0, 0.05) is 31.3 Å². The third-order valence-corrected chi connectivity index (χ3v) is 6.62. The second-order valence-electron chi connectivity index (χ2n) is 8.85. The lowest BCUT2D eigenvalue weighted by Gasteiger charge is -2.39. The molecule has 1 aromatic carbocycles. The van der Waals surface area contributed by atoms with Gasteiger partial charge in [-0.2, -0.15) is 0 Å². The molecule has 1 aromatic heterocycles. The number of nitrogens with one attached hydrogen (secondary N) is 1. The molecule has 1 saturated heterocycles. The second-order valence-corrected chi connectivity index (χ2v) is 8.85. The van der Waals surface area contributed by atoms with E-state index in [0.717, 1.165) is 38.4 Å². The van der Waals surface area contributed by atoms with Crippen LogP contribution >= 0.6 is 0 Å². The Morgan fingerprint density at radius 2 is 2.00 bits per heavy atom. The van der Waals surface area contributed by atoms with Crippen LogP contribution in [-0.2, 0) is 4.74 Å². The molecular weight excluding hydrogens is 392 g/mol. The fraction of sp³-hybridized carbons (Fsp3) is 0.652. The van der Waals surface area contributed by atoms with Gasteiger partial charge in [0.15, 0.2) is 0 Å². The van der Waals surface area contributed by atoms with Crippen molar-refractivity contribution in [1.29, 1.82) is 0 Å². The Morgan fingerprint density at radius 1 is 1.16 bits per heavy atom. The normalized spacial score (nSPS) is 24.7. The summed E-state index contributed by atoms with van der Waals surface area (Å²) in [5.74, 6) is 1.17. The van der Waals surface area contributed by atoms with Crippen LogP contribution in [0.1, 0.15) is 55.8 Å². The first-order valence-electron chi connectivity index (χ1n) is 11.7. The van der Waals surface area contributed by atoms with Crippen molar-refractivity contribution in [2.45, 2.75) is 51.5 Å². The van der Waals surface area contributed by atoms with Gasteiger partial charge in [0.25, 0.3) is 5.91 Å². The highest BCUT2D eigenvalue weighted by atomic mass is 16.5. The average molecular weight is 427 g/mol. The molecule has 0 radical (unpaired) electrons. The van der Waals surface area contributed by atoms with Crippen LogP contribution in [0.25, 0.3) is 5.69 Å². The quantitative estimate of drug-likeness (QED) is 0.699. The Balaban J connectivity index is 1.33. The van der Waals surface area contributed by atoms with Gasteiger partial charge in [-0.05, 0) is 85.7 Å². The van der Waals surface area contributed by atoms with E-state index in [9.17, 15) is 4.79 Å². The Kier molecular flexibility index (Phi) is 7.64. The maximum absolute atomic E-state index is 12.9. The number of ether oxygens (including phenoxy) is 1. The maximum atomic E-state index is 12.9. The predicted octanol–water partition coefficient (Wildman–Crippen LogP) is 2.70. The summed E-state index contributed by atoms with van der Waals surface area (Å²) in [4.78, 5) is 15.5. The van der Waals surface area contributed by atoms with Gasteiger partial charge < -0.3 is 15.0 Å². The van der Waals surface area contributed by atoms with E-state index in [1.165, 1.54) is 38.6 Å². The number of amides is 1. The molecule has 1 aliphatic heterocycles. The van der Waals surface area contributed by atoms with Crippen molar-refractivity contribution in [1.82, 2.24) is 30.4 Å². The number of aromatic nitrogens is 4. The molecule has 1 saturated carbocycles. The standard InChI is InChI=1S/C23H34N6O2/c1-2-31-16-18-6-5-13-28(14-18)15-20-7-3-4-8-22(20)25-23(30)19-9-11-21(12-10-19)29-17-24-26-27-29/h9-12,17-18,20,22H,2-8,13-16H2,1H3,(H,25,30)/t18-,20-,22+/m1/s1. The summed E-state index contributed by atoms with van der Waals surface area (Å²) >= 11 is 0. The number of rotatable bonds is 8. The third-order valence-electron chi connectivity index (χ3n) is 6.62. The lowest BCUT2D eigenvalue weighted by atomic mass is 9.83. The van der Waals surface area contributed by atoms with Gasteiger partial charge in [-0.25, -0.2) is 4.68 Å². The smallest absolute Gasteiger partial charge is 0.251 e. The van der Waals surface area contributed by atoms with Crippen molar-refractivity contribution in [2.24, 2.45) is 11.8 Å². The lowest BCUT2D eigenvalue weighted by molar-refractivity contribution is 0.0548. The minimum atomic E-state index is 0.00744. The van der Waals surface area contributed by atoms with E-state index in [-0.39, 0.29) is 11.9 Å². The zero-order valence-corrected chi connectivity index (χ0v) is 18.4. The summed E-state index contributed by atoms with van der Waals surface area (Å²) < 4.78 is 7.25. The van der Waals surface area contributed by atoms with Gasteiger partial charge in [0.1, 0.15) is 6.33 Å². The highest BCUT2D eigenvalue weighted by Gasteiger charge is 2.30. The minimum absolute atomic E-state index is 0.00744. The molecule has 2 heterocycles. The Morgan fingerprint density at radius 3 is 2.77 bits per heavy atom. The molecule has 168 valence electrons. The summed E-state index contributed by atoms with van der Waals surface area (Å²) in [6, 6.07) is 7.67. The Hall–Kier alpha value is -2.32. The van der Waals surface area contributed by atoms with Crippen LogP contribution in [0.2, 0.25) is 0 Å². The molecule has 1 N–H and O–H groups in total. The summed E-state index contributed by atoms with van der Waals surface area (Å²) in [6.45, 7) is 7.09. The largest absolute Gasteiger partial charge is 0.381 e. The van der Waals surface area contributed by atoms with Gasteiger partial charge in [0.05, 0.1) is 12.3 Å². The molecule has 1 amide bonds. The van der Waals surface area contributed by atoms with Crippen LogP contribution in [-0.4, -0.2) is 69.9 Å². The summed E-state index contributed by atoms with van der Waals surface area (Å²) in [5, 5.41) is 14.5. The van der Waals surface area contributed by atoms with Gasteiger partial charge in [-0.15, -0.1) is 5.10 Å². The fourth-order valence-electron chi connectivity index (χ4n) is 4.98. The molecule has 0 spiro atoms. The summed E-state index contributed by atoms with van der Waals surface area (Å²) in [7, 11) is 0. The maximum Gasteiger partial charge on any atom is 0.251 e. The number of carbonyl (C=O) groups excluding carboxylic acids is 1. The number of likely N-dealkylation sites (tertiary alicyclic amines) is 1. The monoisotopic (exact) mass is 426 g/mol. The van der Waals surface area contributed by atoms with Gasteiger partial charge in [-0.1, -0.05) is 12.8 Å². The number of piperidine rings is 1. The van der Waals surface area contributed by atoms with Crippen LogP contribution in [0.4, 0.5) is 0 Å². The SMILES string of the molecule is CCOC[C@@H]1CCCN(C[C@H]2CCCC[C@@H]2NC(=O)c2ccc(-n3cnnn3)cc2)C1. The highest BCUT2D eigenvalue weighted by molar-refractivity contribution is 5.94. The predicted molar refractivity (Wildman–Crippen MR) is 118 cm³/mol. The van der Waals surface area contributed by atoms with E-state index in [1.807, 2.05) is 24.3 Å². The average Bonchev–Trinajstić information content (AvgIpc) is 3.34. The van der Waals surface area contributed by atoms with Crippen LogP contribution in [0.15, 0.2) is 30.6 Å². The second kappa shape index (κ2) is 10.8. The van der Waals surface area contributed by atoms with Gasteiger partial charge >= 0.3 is 0 Å². The molecule has 31 heavy (non-hydrogen) atoms. The van der Waals surface area contributed by atoms with Crippen molar-refractivity contribution < 1.29 is 9.53 Å². The number of benzene rings is 1. The topological polar surface area (TPSA) is 85.2 Å². The van der Waals surface area contributed by atoms with E-state index in [4.69, 9.17) is 4.74 Å². The minimum Gasteiger partial charge on any atom is -0.381 e. The molecular formula is C23H34N6O2. The van der Waals surface area contributed by atoms with Crippen LogP contribution in [0.5, 0.6) is 0 Å². The summed E-state index contributed by atoms with van der Waals surface area (Å²) in [5.41, 5.74) is 1.51. The van der Waals surface area contributed by atoms with Gasteiger partial charge in [-0.3, -0.25) is 4.79 Å². The molecule has 2 aliphatic rings. The van der Waals surface area contributed by atoms with Crippen molar-refractivity contribution in [3.63, 3.8) is 0 Å². The van der Waals surface area contributed by atoms with E-state index >= 15 is 0 Å². The van der Waals surface area contributed by atoms with Crippen molar-refractivity contribution in [3.8, 4) is 5.69 Å². The zero-order chi connectivity index (χ0) is 21.5.